The number of morpholine rings is 1. The molecule has 3 heterocycles. The van der Waals surface area contributed by atoms with Crippen LogP contribution in [0.15, 0.2) is 87.1 Å². The highest BCUT2D eigenvalue weighted by Gasteiger charge is 2.30. The van der Waals surface area contributed by atoms with Crippen molar-refractivity contribution in [2.45, 2.75) is 9.79 Å². The van der Waals surface area contributed by atoms with Crippen LogP contribution in [0.5, 0.6) is 5.75 Å². The summed E-state index contributed by atoms with van der Waals surface area (Å²) in [7, 11) is -7.88. The van der Waals surface area contributed by atoms with E-state index < -0.39 is 20.0 Å². The number of azo groups is 1. The predicted molar refractivity (Wildman–Crippen MR) is 136 cm³/mol. The number of nitrogens with zero attached hydrogens (tertiary/aromatic N) is 6. The van der Waals surface area contributed by atoms with Crippen molar-refractivity contribution in [3.8, 4) is 5.75 Å². The maximum absolute atomic E-state index is 13.4. The third-order valence-electron chi connectivity index (χ3n) is 5.61. The zero-order chi connectivity index (χ0) is 26.8. The number of anilines is 1. The van der Waals surface area contributed by atoms with E-state index in [0.29, 0.717) is 0 Å². The van der Waals surface area contributed by atoms with Crippen molar-refractivity contribution in [3.05, 3.63) is 67.1 Å². The quantitative estimate of drug-likeness (QED) is 0.325. The first-order chi connectivity index (χ1) is 18.3. The molecule has 1 saturated heterocycles. The molecule has 1 aliphatic rings. The van der Waals surface area contributed by atoms with E-state index in [1.807, 2.05) is 0 Å². The molecule has 0 atom stereocenters. The Hall–Kier alpha value is -4.05. The van der Waals surface area contributed by atoms with Crippen LogP contribution in [-0.4, -0.2) is 67.5 Å². The molecule has 196 valence electrons. The van der Waals surface area contributed by atoms with Gasteiger partial charge in [-0.15, -0.1) is 5.11 Å². The number of aromatic hydroxyl groups is 1. The molecule has 15 heteroatoms. The van der Waals surface area contributed by atoms with E-state index in [1.54, 1.807) is 18.2 Å². The number of phenolic OH excluding ortho intramolecular Hbond substituents is 1. The maximum atomic E-state index is 13.4. The fraction of sp³-hybridized carbons (Fsp3) is 0.174. The van der Waals surface area contributed by atoms with Crippen molar-refractivity contribution in [3.63, 3.8) is 0 Å². The Balaban J connectivity index is 1.46. The van der Waals surface area contributed by atoms with Crippen molar-refractivity contribution in [2.24, 2.45) is 10.2 Å². The van der Waals surface area contributed by atoms with Crippen LogP contribution < -0.4 is 4.72 Å². The maximum Gasteiger partial charge on any atom is 0.264 e. The first-order valence-electron chi connectivity index (χ1n) is 11.3. The Morgan fingerprint density at radius 3 is 2.29 bits per heavy atom. The number of sulfonamides is 2. The molecule has 13 nitrogen and oxygen atoms in total. The molecule has 0 unspecified atom stereocenters. The number of rotatable bonds is 7. The molecular weight excluding hydrogens is 534 g/mol. The number of benzene rings is 2. The number of nitrogens with one attached hydrogen (secondary N) is 1. The minimum atomic E-state index is -3.94. The van der Waals surface area contributed by atoms with Crippen molar-refractivity contribution in [1.82, 2.24) is 19.3 Å². The zero-order valence-electron chi connectivity index (χ0n) is 19.7. The molecule has 0 aliphatic carbocycles. The topological polar surface area (TPSA) is 176 Å². The molecule has 2 N–H and O–H groups in total. The highest BCUT2D eigenvalue weighted by atomic mass is 32.2. The molecule has 5 rings (SSSR count). The fourth-order valence-corrected chi connectivity index (χ4v) is 6.30. The van der Waals surface area contributed by atoms with Gasteiger partial charge in [-0.1, -0.05) is 0 Å². The molecule has 0 saturated carbocycles. The SMILES string of the molecule is O=S(=O)(Nc1ncccn1)c1ccc(N=Nc2cc(S(=O)(=O)N3CCOCC3)c3cccnc3c2O)cc1. The average Bonchev–Trinajstić information content (AvgIpc) is 2.94. The van der Waals surface area contributed by atoms with Crippen molar-refractivity contribution in [2.75, 3.05) is 31.0 Å². The Bertz CT molecular complexity index is 1710. The lowest BCUT2D eigenvalue weighted by Crippen LogP contribution is -2.40. The summed E-state index contributed by atoms with van der Waals surface area (Å²) in [6.45, 7) is 0.948. The number of pyridine rings is 1. The Labute approximate surface area is 218 Å². The van der Waals surface area contributed by atoms with E-state index in [-0.39, 0.29) is 70.1 Å². The molecule has 38 heavy (non-hydrogen) atoms. The molecule has 0 radical (unpaired) electrons. The minimum Gasteiger partial charge on any atom is -0.504 e. The van der Waals surface area contributed by atoms with Crippen LogP contribution in [0, 0.1) is 0 Å². The lowest BCUT2D eigenvalue weighted by atomic mass is 10.2. The van der Waals surface area contributed by atoms with Gasteiger partial charge in [0.25, 0.3) is 10.0 Å². The van der Waals surface area contributed by atoms with Gasteiger partial charge in [0.1, 0.15) is 11.2 Å². The van der Waals surface area contributed by atoms with Gasteiger partial charge in [0.05, 0.1) is 28.7 Å². The lowest BCUT2D eigenvalue weighted by Gasteiger charge is -2.26. The summed E-state index contributed by atoms with van der Waals surface area (Å²) in [6.07, 6.45) is 4.25. The van der Waals surface area contributed by atoms with E-state index in [9.17, 15) is 21.9 Å². The molecule has 2 aromatic heterocycles. The summed E-state index contributed by atoms with van der Waals surface area (Å²) in [5.74, 6) is -0.406. The third kappa shape index (κ3) is 5.17. The first kappa shape index (κ1) is 25.6. The summed E-state index contributed by atoms with van der Waals surface area (Å²) in [4.78, 5) is 11.7. The molecule has 4 aromatic rings. The van der Waals surface area contributed by atoms with E-state index in [2.05, 4.69) is 29.9 Å². The van der Waals surface area contributed by atoms with E-state index in [0.717, 1.165) is 0 Å². The van der Waals surface area contributed by atoms with Gasteiger partial charge < -0.3 is 9.84 Å². The summed E-state index contributed by atoms with van der Waals surface area (Å²) < 4.78 is 60.8. The highest BCUT2D eigenvalue weighted by Crippen LogP contribution is 2.39. The van der Waals surface area contributed by atoms with Crippen LogP contribution in [0.25, 0.3) is 10.9 Å². The van der Waals surface area contributed by atoms with Crippen LogP contribution in [0.4, 0.5) is 17.3 Å². The molecule has 1 aliphatic heterocycles. The number of hydrogen-bond donors (Lipinski definition) is 2. The van der Waals surface area contributed by atoms with Gasteiger partial charge in [-0.25, -0.2) is 31.5 Å². The van der Waals surface area contributed by atoms with E-state index in [4.69, 9.17) is 4.74 Å². The normalized spacial score (nSPS) is 15.2. The predicted octanol–water partition coefficient (Wildman–Crippen LogP) is 2.97. The number of aromatic nitrogens is 3. The van der Waals surface area contributed by atoms with E-state index >= 15 is 0 Å². The van der Waals surface area contributed by atoms with Crippen LogP contribution in [-0.2, 0) is 24.8 Å². The summed E-state index contributed by atoms with van der Waals surface area (Å²) in [5, 5.41) is 19.1. The monoisotopic (exact) mass is 555 g/mol. The number of ether oxygens (including phenoxy) is 1. The van der Waals surface area contributed by atoms with Gasteiger partial charge in [0, 0.05) is 37.1 Å². The minimum absolute atomic E-state index is 0.0550. The largest absolute Gasteiger partial charge is 0.504 e. The molecule has 0 bridgehead atoms. The lowest BCUT2D eigenvalue weighted by molar-refractivity contribution is 0.0730. The highest BCUT2D eigenvalue weighted by molar-refractivity contribution is 7.92. The summed E-state index contributed by atoms with van der Waals surface area (Å²) >= 11 is 0. The Morgan fingerprint density at radius 2 is 1.58 bits per heavy atom. The molecular formula is C23H21N7O6S2. The van der Waals surface area contributed by atoms with Crippen LogP contribution >= 0.6 is 0 Å². The molecule has 0 amide bonds. The van der Waals surface area contributed by atoms with Gasteiger partial charge in [-0.2, -0.15) is 9.42 Å². The average molecular weight is 556 g/mol. The second kappa shape index (κ2) is 10.4. The van der Waals surface area contributed by atoms with Crippen molar-refractivity contribution in [1.29, 1.82) is 0 Å². The third-order valence-corrected chi connectivity index (χ3v) is 8.89. The van der Waals surface area contributed by atoms with Gasteiger partial charge in [-0.3, -0.25) is 4.98 Å². The smallest absolute Gasteiger partial charge is 0.264 e. The van der Waals surface area contributed by atoms with Gasteiger partial charge in [0.2, 0.25) is 16.0 Å². The van der Waals surface area contributed by atoms with Crippen LogP contribution in [0.1, 0.15) is 0 Å². The second-order valence-corrected chi connectivity index (χ2v) is 11.6. The van der Waals surface area contributed by atoms with Gasteiger partial charge >= 0.3 is 0 Å². The number of phenols is 1. The summed E-state index contributed by atoms with van der Waals surface area (Å²) in [6, 6.07) is 11.4. The van der Waals surface area contributed by atoms with Crippen LogP contribution in [0.3, 0.4) is 0 Å². The fourth-order valence-electron chi connectivity index (χ4n) is 3.73. The number of fused-ring (bicyclic) bond motifs is 1. The standard InChI is InChI=1S/C23H21N7O6S2/c31-22-19(15-20(18-3-1-8-24-21(18)22)38(34,35)30-11-13-36-14-12-30)28-27-16-4-6-17(7-5-16)37(32,33)29-23-25-9-2-10-26-23/h1-10,15,31H,11-14H2,(H,25,26,29). The second-order valence-electron chi connectivity index (χ2n) is 8.03. The Kier molecular flexibility index (Phi) is 6.98. The Morgan fingerprint density at radius 1 is 0.895 bits per heavy atom. The van der Waals surface area contributed by atoms with Gasteiger partial charge in [0.15, 0.2) is 5.75 Å². The first-order valence-corrected chi connectivity index (χ1v) is 14.2. The molecule has 1 fully saturated rings. The van der Waals surface area contributed by atoms with Crippen molar-refractivity contribution < 1.29 is 26.7 Å². The number of hydrogen-bond acceptors (Lipinski definition) is 11. The zero-order valence-corrected chi connectivity index (χ0v) is 21.3. The van der Waals surface area contributed by atoms with Crippen LogP contribution in [0.2, 0.25) is 0 Å². The van der Waals surface area contributed by atoms with Crippen molar-refractivity contribution >= 4 is 48.3 Å². The van der Waals surface area contributed by atoms with Gasteiger partial charge in [-0.05, 0) is 48.5 Å². The summed E-state index contributed by atoms with van der Waals surface area (Å²) in [5.41, 5.74) is 0.215. The molecule has 2 aromatic carbocycles. The molecule has 0 spiro atoms. The van der Waals surface area contributed by atoms with E-state index in [1.165, 1.54) is 53.2 Å².